The maximum absolute atomic E-state index is 12.0. The predicted octanol–water partition coefficient (Wildman–Crippen LogP) is 4.19. The quantitative estimate of drug-likeness (QED) is 0.592. The summed E-state index contributed by atoms with van der Waals surface area (Å²) in [6, 6.07) is 19.8. The van der Waals surface area contributed by atoms with Crippen molar-refractivity contribution in [2.45, 2.75) is 26.3 Å². The molecule has 0 aliphatic carbocycles. The third-order valence-corrected chi connectivity index (χ3v) is 3.36. The van der Waals surface area contributed by atoms with Crippen LogP contribution in [0.3, 0.4) is 0 Å². The normalized spacial score (nSPS) is 11.5. The summed E-state index contributed by atoms with van der Waals surface area (Å²) in [5.41, 5.74) is 2.59. The third-order valence-electron chi connectivity index (χ3n) is 3.36. The molecule has 0 aromatic heterocycles. The Labute approximate surface area is 131 Å². The first-order valence-electron chi connectivity index (χ1n) is 7.60. The molecule has 0 aliphatic rings. The first-order chi connectivity index (χ1) is 10.8. The number of carbonyl (C=O) groups excluding carboxylic acids is 1. The second kappa shape index (κ2) is 8.13. The molecule has 0 saturated carbocycles. The largest absolute Gasteiger partial charge is 0.462 e. The van der Waals surface area contributed by atoms with Crippen LogP contribution in [0.25, 0.3) is 0 Å². The zero-order valence-electron chi connectivity index (χ0n) is 13.0. The van der Waals surface area contributed by atoms with Gasteiger partial charge in [0.2, 0.25) is 0 Å². The molecule has 114 valence electrons. The van der Waals surface area contributed by atoms with E-state index in [1.807, 2.05) is 67.6 Å². The van der Waals surface area contributed by atoms with Gasteiger partial charge in [-0.15, -0.1) is 0 Å². The van der Waals surface area contributed by atoms with Gasteiger partial charge in [0.25, 0.3) is 0 Å². The highest BCUT2D eigenvalue weighted by Gasteiger charge is 2.17. The molecule has 0 radical (unpaired) electrons. The molecule has 0 saturated heterocycles. The van der Waals surface area contributed by atoms with E-state index >= 15 is 0 Å². The molecule has 0 N–H and O–H groups in total. The minimum absolute atomic E-state index is 0.193. The lowest BCUT2D eigenvalue weighted by Crippen LogP contribution is -2.18. The van der Waals surface area contributed by atoms with Gasteiger partial charge in [0, 0.05) is 0 Å². The maximum atomic E-state index is 12.0. The van der Waals surface area contributed by atoms with Crippen molar-refractivity contribution < 1.29 is 9.53 Å². The van der Waals surface area contributed by atoms with Gasteiger partial charge in [-0.1, -0.05) is 67.6 Å². The van der Waals surface area contributed by atoms with Crippen LogP contribution < -0.4 is 0 Å². The van der Waals surface area contributed by atoms with Crippen LogP contribution in [0, 0.1) is 0 Å². The van der Waals surface area contributed by atoms with Crippen LogP contribution in [0.15, 0.2) is 65.7 Å². The average molecular weight is 295 g/mol. The van der Waals surface area contributed by atoms with Gasteiger partial charge in [-0.3, -0.25) is 4.99 Å². The molecule has 2 aromatic rings. The number of aliphatic imine (C=N–C) groups is 1. The number of carbonyl (C=O) groups is 1. The molecule has 2 aromatic carbocycles. The smallest absolute Gasteiger partial charge is 0.352 e. The van der Waals surface area contributed by atoms with Crippen molar-refractivity contribution >= 4 is 11.7 Å². The standard InChI is InChI=1S/C19H21NO2/c1-3-17(19(21)22-4-2)20-18(15-11-7-5-8-12-15)16-13-9-6-10-14-16/h5-14,18H,3-4H2,1-2H3. The zero-order chi connectivity index (χ0) is 15.8. The number of esters is 1. The summed E-state index contributed by atoms with van der Waals surface area (Å²) in [5.74, 6) is -0.332. The molecule has 3 heteroatoms. The van der Waals surface area contributed by atoms with Gasteiger partial charge in [0.15, 0.2) is 0 Å². The lowest BCUT2D eigenvalue weighted by Gasteiger charge is -2.15. The van der Waals surface area contributed by atoms with Crippen LogP contribution in [0.4, 0.5) is 0 Å². The highest BCUT2D eigenvalue weighted by molar-refractivity contribution is 6.36. The van der Waals surface area contributed by atoms with Crippen LogP contribution in [-0.4, -0.2) is 18.3 Å². The van der Waals surface area contributed by atoms with Crippen molar-refractivity contribution in [3.63, 3.8) is 0 Å². The summed E-state index contributed by atoms with van der Waals surface area (Å²) in [6.07, 6.45) is 0.551. The highest BCUT2D eigenvalue weighted by atomic mass is 16.5. The first kappa shape index (κ1) is 16.0. The van der Waals surface area contributed by atoms with Crippen LogP contribution >= 0.6 is 0 Å². The number of benzene rings is 2. The SMILES string of the molecule is CCOC(=O)C(CC)=NC(c1ccccc1)c1ccccc1. The molecule has 0 spiro atoms. The second-order valence-corrected chi connectivity index (χ2v) is 4.87. The number of rotatable bonds is 6. The van der Waals surface area contributed by atoms with E-state index in [9.17, 15) is 4.79 Å². The summed E-state index contributed by atoms with van der Waals surface area (Å²) in [4.78, 5) is 16.7. The van der Waals surface area contributed by atoms with Crippen molar-refractivity contribution in [2.24, 2.45) is 4.99 Å². The summed E-state index contributed by atoms with van der Waals surface area (Å²) < 4.78 is 5.10. The molecular formula is C19H21NO2. The monoisotopic (exact) mass is 295 g/mol. The van der Waals surface area contributed by atoms with Gasteiger partial charge in [-0.2, -0.15) is 0 Å². The predicted molar refractivity (Wildman–Crippen MR) is 89.1 cm³/mol. The maximum Gasteiger partial charge on any atom is 0.352 e. The summed E-state index contributed by atoms with van der Waals surface area (Å²) in [6.45, 7) is 4.08. The van der Waals surface area contributed by atoms with E-state index in [0.29, 0.717) is 18.7 Å². The fraction of sp³-hybridized carbons (Fsp3) is 0.263. The summed E-state index contributed by atoms with van der Waals surface area (Å²) >= 11 is 0. The molecule has 0 aliphatic heterocycles. The van der Waals surface area contributed by atoms with Gasteiger partial charge < -0.3 is 4.74 Å². The Morgan fingerprint density at radius 2 is 1.45 bits per heavy atom. The fourth-order valence-electron chi connectivity index (χ4n) is 2.27. The second-order valence-electron chi connectivity index (χ2n) is 4.87. The topological polar surface area (TPSA) is 38.7 Å². The van der Waals surface area contributed by atoms with E-state index in [0.717, 1.165) is 11.1 Å². The molecule has 0 bridgehead atoms. The van der Waals surface area contributed by atoms with E-state index in [2.05, 4.69) is 0 Å². The van der Waals surface area contributed by atoms with Gasteiger partial charge in [0.05, 0.1) is 6.61 Å². The van der Waals surface area contributed by atoms with Gasteiger partial charge in [-0.05, 0) is 24.5 Å². The molecule has 0 amide bonds. The van der Waals surface area contributed by atoms with E-state index < -0.39 is 0 Å². The minimum Gasteiger partial charge on any atom is -0.462 e. The number of hydrogen-bond donors (Lipinski definition) is 0. The molecule has 0 heterocycles. The van der Waals surface area contributed by atoms with E-state index in [1.54, 1.807) is 6.92 Å². The van der Waals surface area contributed by atoms with Crippen molar-refractivity contribution in [2.75, 3.05) is 6.61 Å². The molecule has 2 rings (SSSR count). The number of ether oxygens (including phenoxy) is 1. The zero-order valence-corrected chi connectivity index (χ0v) is 13.0. The van der Waals surface area contributed by atoms with Crippen molar-refractivity contribution in [1.82, 2.24) is 0 Å². The minimum atomic E-state index is -0.332. The Hall–Kier alpha value is -2.42. The molecule has 0 fully saturated rings. The fourth-order valence-corrected chi connectivity index (χ4v) is 2.27. The Morgan fingerprint density at radius 3 is 1.86 bits per heavy atom. The number of nitrogens with zero attached hydrogens (tertiary/aromatic N) is 1. The molecular weight excluding hydrogens is 274 g/mol. The lowest BCUT2D eigenvalue weighted by atomic mass is 9.99. The Balaban J connectivity index is 2.43. The third kappa shape index (κ3) is 4.04. The number of hydrogen-bond acceptors (Lipinski definition) is 3. The average Bonchev–Trinajstić information content (AvgIpc) is 2.57. The van der Waals surface area contributed by atoms with Crippen molar-refractivity contribution in [3.8, 4) is 0 Å². The van der Waals surface area contributed by atoms with Gasteiger partial charge in [0.1, 0.15) is 11.8 Å². The molecule has 22 heavy (non-hydrogen) atoms. The van der Waals surface area contributed by atoms with E-state index in [4.69, 9.17) is 9.73 Å². The Kier molecular flexibility index (Phi) is 5.90. The van der Waals surface area contributed by atoms with E-state index in [1.165, 1.54) is 0 Å². The van der Waals surface area contributed by atoms with Crippen LogP contribution in [0.5, 0.6) is 0 Å². The lowest BCUT2D eigenvalue weighted by molar-refractivity contribution is -0.135. The summed E-state index contributed by atoms with van der Waals surface area (Å²) in [5, 5.41) is 0. The molecule has 0 unspecified atom stereocenters. The Bertz CT molecular complexity index is 581. The van der Waals surface area contributed by atoms with Crippen LogP contribution in [-0.2, 0) is 9.53 Å². The van der Waals surface area contributed by atoms with Gasteiger partial charge in [-0.25, -0.2) is 4.79 Å². The first-order valence-corrected chi connectivity index (χ1v) is 7.60. The van der Waals surface area contributed by atoms with E-state index in [-0.39, 0.29) is 12.0 Å². The van der Waals surface area contributed by atoms with Crippen molar-refractivity contribution in [1.29, 1.82) is 0 Å². The van der Waals surface area contributed by atoms with Crippen LogP contribution in [0.1, 0.15) is 37.4 Å². The molecule has 3 nitrogen and oxygen atoms in total. The van der Waals surface area contributed by atoms with Gasteiger partial charge >= 0.3 is 5.97 Å². The van der Waals surface area contributed by atoms with Crippen LogP contribution in [0.2, 0.25) is 0 Å². The van der Waals surface area contributed by atoms with Crippen molar-refractivity contribution in [3.05, 3.63) is 71.8 Å². The molecule has 0 atom stereocenters. The summed E-state index contributed by atoms with van der Waals surface area (Å²) in [7, 11) is 0. The Morgan fingerprint density at radius 1 is 0.955 bits per heavy atom. The highest BCUT2D eigenvalue weighted by Crippen LogP contribution is 2.26.